The lowest BCUT2D eigenvalue weighted by Crippen LogP contribution is -2.15. The van der Waals surface area contributed by atoms with Crippen LogP contribution in [0.15, 0.2) is 78.9 Å². The van der Waals surface area contributed by atoms with Crippen LogP contribution in [-0.4, -0.2) is 4.98 Å². The highest BCUT2D eigenvalue weighted by molar-refractivity contribution is 6.01. The van der Waals surface area contributed by atoms with E-state index < -0.39 is 0 Å². The van der Waals surface area contributed by atoms with Gasteiger partial charge in [0.15, 0.2) is 0 Å². The number of fused-ring (bicyclic) bond motifs is 5. The standard InChI is InChI=1S/C24H19N/c1-24(2)19-14-8-6-12-17(19)21-22(24)18-13-7-9-15-20(18)25-23(21)16-10-4-3-5-11-16/h3-15H,1-2H3. The van der Waals surface area contributed by atoms with E-state index in [1.807, 2.05) is 0 Å². The number of para-hydroxylation sites is 1. The molecule has 0 N–H and O–H groups in total. The minimum atomic E-state index is -0.0298. The van der Waals surface area contributed by atoms with E-state index in [1.165, 1.54) is 33.2 Å². The van der Waals surface area contributed by atoms with E-state index >= 15 is 0 Å². The molecule has 120 valence electrons. The van der Waals surface area contributed by atoms with Crippen molar-refractivity contribution < 1.29 is 0 Å². The van der Waals surface area contributed by atoms with Crippen LogP contribution < -0.4 is 0 Å². The van der Waals surface area contributed by atoms with E-state index in [2.05, 4.69) is 92.7 Å². The first-order chi connectivity index (χ1) is 12.2. The second-order valence-electron chi connectivity index (χ2n) is 7.26. The largest absolute Gasteiger partial charge is 0.247 e. The Morgan fingerprint density at radius 1 is 0.720 bits per heavy atom. The average molecular weight is 321 g/mol. The van der Waals surface area contributed by atoms with Gasteiger partial charge in [0.1, 0.15) is 0 Å². The lowest BCUT2D eigenvalue weighted by Gasteiger charge is -2.23. The van der Waals surface area contributed by atoms with Crippen LogP contribution in [-0.2, 0) is 5.41 Å². The highest BCUT2D eigenvalue weighted by Gasteiger charge is 2.38. The highest BCUT2D eigenvalue weighted by Crippen LogP contribution is 2.53. The van der Waals surface area contributed by atoms with Crippen LogP contribution in [0.1, 0.15) is 25.0 Å². The molecule has 1 aliphatic rings. The predicted octanol–water partition coefficient (Wildman–Crippen LogP) is 6.21. The molecule has 1 heterocycles. The molecular weight excluding hydrogens is 302 g/mol. The Labute approximate surface area is 148 Å². The molecule has 0 bridgehead atoms. The maximum Gasteiger partial charge on any atom is 0.0791 e. The molecule has 0 aliphatic heterocycles. The summed E-state index contributed by atoms with van der Waals surface area (Å²) >= 11 is 0. The van der Waals surface area contributed by atoms with Crippen molar-refractivity contribution in [3.05, 3.63) is 90.0 Å². The first-order valence-electron chi connectivity index (χ1n) is 8.76. The van der Waals surface area contributed by atoms with Crippen LogP contribution in [0.3, 0.4) is 0 Å². The number of aromatic nitrogens is 1. The molecule has 5 rings (SSSR count). The van der Waals surface area contributed by atoms with Crippen LogP contribution in [0.25, 0.3) is 33.3 Å². The Kier molecular flexibility index (Phi) is 2.90. The third-order valence-corrected chi connectivity index (χ3v) is 5.43. The Bertz CT molecular complexity index is 1110. The summed E-state index contributed by atoms with van der Waals surface area (Å²) in [7, 11) is 0. The summed E-state index contributed by atoms with van der Waals surface area (Å²) in [6, 6.07) is 27.9. The van der Waals surface area contributed by atoms with E-state index in [-0.39, 0.29) is 5.41 Å². The molecular formula is C24H19N. The van der Waals surface area contributed by atoms with Crippen LogP contribution in [0.2, 0.25) is 0 Å². The molecule has 1 heteroatoms. The normalized spacial score (nSPS) is 14.3. The minimum absolute atomic E-state index is 0.0298. The summed E-state index contributed by atoms with van der Waals surface area (Å²) in [5.41, 5.74) is 8.71. The topological polar surface area (TPSA) is 12.9 Å². The van der Waals surface area contributed by atoms with E-state index in [0.29, 0.717) is 0 Å². The first-order valence-corrected chi connectivity index (χ1v) is 8.76. The van der Waals surface area contributed by atoms with Gasteiger partial charge in [0.05, 0.1) is 11.2 Å². The van der Waals surface area contributed by atoms with Crippen molar-refractivity contribution in [3.8, 4) is 22.4 Å². The lowest BCUT2D eigenvalue weighted by molar-refractivity contribution is 0.666. The number of benzene rings is 3. The van der Waals surface area contributed by atoms with Gasteiger partial charge < -0.3 is 0 Å². The fourth-order valence-corrected chi connectivity index (χ4v) is 4.31. The number of hydrogen-bond donors (Lipinski definition) is 0. The molecule has 25 heavy (non-hydrogen) atoms. The molecule has 3 aromatic carbocycles. The molecule has 4 aromatic rings. The number of pyridine rings is 1. The summed E-state index contributed by atoms with van der Waals surface area (Å²) in [6.07, 6.45) is 0. The van der Waals surface area contributed by atoms with Crippen LogP contribution in [0.4, 0.5) is 0 Å². The van der Waals surface area contributed by atoms with Gasteiger partial charge in [-0.25, -0.2) is 4.98 Å². The van der Waals surface area contributed by atoms with Gasteiger partial charge in [-0.1, -0.05) is 86.6 Å². The molecule has 1 aromatic heterocycles. The van der Waals surface area contributed by atoms with Gasteiger partial charge in [-0.15, -0.1) is 0 Å². The molecule has 0 atom stereocenters. The number of nitrogens with zero attached hydrogens (tertiary/aromatic N) is 1. The van der Waals surface area contributed by atoms with Gasteiger partial charge >= 0.3 is 0 Å². The van der Waals surface area contributed by atoms with Gasteiger partial charge in [0, 0.05) is 21.9 Å². The zero-order valence-electron chi connectivity index (χ0n) is 14.5. The summed E-state index contributed by atoms with van der Waals surface area (Å²) < 4.78 is 0. The van der Waals surface area contributed by atoms with Gasteiger partial charge in [-0.3, -0.25) is 0 Å². The second kappa shape index (κ2) is 5.03. The molecule has 1 aliphatic carbocycles. The summed E-state index contributed by atoms with van der Waals surface area (Å²) in [6.45, 7) is 4.66. The number of hydrogen-bond acceptors (Lipinski definition) is 1. The first kappa shape index (κ1) is 14.4. The second-order valence-corrected chi connectivity index (χ2v) is 7.26. The fourth-order valence-electron chi connectivity index (χ4n) is 4.31. The van der Waals surface area contributed by atoms with Gasteiger partial charge in [-0.05, 0) is 22.8 Å². The van der Waals surface area contributed by atoms with E-state index in [9.17, 15) is 0 Å². The van der Waals surface area contributed by atoms with E-state index in [1.54, 1.807) is 0 Å². The minimum Gasteiger partial charge on any atom is -0.247 e. The molecule has 0 radical (unpaired) electrons. The Hall–Kier alpha value is -2.93. The monoisotopic (exact) mass is 321 g/mol. The van der Waals surface area contributed by atoms with Crippen LogP contribution in [0, 0.1) is 0 Å². The molecule has 0 saturated carbocycles. The average Bonchev–Trinajstić information content (AvgIpc) is 2.90. The fraction of sp³-hybridized carbons (Fsp3) is 0.125. The zero-order chi connectivity index (χ0) is 17.0. The number of rotatable bonds is 1. The molecule has 0 saturated heterocycles. The summed E-state index contributed by atoms with van der Waals surface area (Å²) in [5.74, 6) is 0. The Morgan fingerprint density at radius 3 is 2.24 bits per heavy atom. The van der Waals surface area contributed by atoms with Crippen molar-refractivity contribution in [1.82, 2.24) is 4.98 Å². The third kappa shape index (κ3) is 1.93. The summed E-state index contributed by atoms with van der Waals surface area (Å²) in [5, 5.41) is 1.26. The van der Waals surface area contributed by atoms with Crippen molar-refractivity contribution >= 4 is 10.9 Å². The highest BCUT2D eigenvalue weighted by atomic mass is 14.7. The maximum atomic E-state index is 5.08. The van der Waals surface area contributed by atoms with Crippen molar-refractivity contribution in [2.75, 3.05) is 0 Å². The Morgan fingerprint density at radius 2 is 1.40 bits per heavy atom. The molecule has 0 unspecified atom stereocenters. The Balaban J connectivity index is 2.00. The smallest absolute Gasteiger partial charge is 0.0791 e. The third-order valence-electron chi connectivity index (χ3n) is 5.43. The van der Waals surface area contributed by atoms with Gasteiger partial charge in [-0.2, -0.15) is 0 Å². The SMILES string of the molecule is CC1(C)c2ccccc2-c2c(-c3ccccc3)nc3ccccc3c21. The van der Waals surface area contributed by atoms with Gasteiger partial charge in [0.25, 0.3) is 0 Å². The van der Waals surface area contributed by atoms with Crippen LogP contribution >= 0.6 is 0 Å². The van der Waals surface area contributed by atoms with Crippen molar-refractivity contribution in [1.29, 1.82) is 0 Å². The van der Waals surface area contributed by atoms with Crippen molar-refractivity contribution in [2.24, 2.45) is 0 Å². The van der Waals surface area contributed by atoms with Gasteiger partial charge in [0.2, 0.25) is 0 Å². The molecule has 0 amide bonds. The molecule has 1 nitrogen and oxygen atoms in total. The van der Waals surface area contributed by atoms with Crippen molar-refractivity contribution in [2.45, 2.75) is 19.3 Å². The lowest BCUT2D eigenvalue weighted by atomic mass is 9.80. The predicted molar refractivity (Wildman–Crippen MR) is 105 cm³/mol. The van der Waals surface area contributed by atoms with Crippen molar-refractivity contribution in [3.63, 3.8) is 0 Å². The maximum absolute atomic E-state index is 5.08. The molecule has 0 spiro atoms. The molecule has 0 fully saturated rings. The zero-order valence-corrected chi connectivity index (χ0v) is 14.5. The van der Waals surface area contributed by atoms with E-state index in [0.717, 1.165) is 11.2 Å². The quantitative estimate of drug-likeness (QED) is 0.406. The summed E-state index contributed by atoms with van der Waals surface area (Å²) in [4.78, 5) is 5.08. The van der Waals surface area contributed by atoms with E-state index in [4.69, 9.17) is 4.98 Å². The van der Waals surface area contributed by atoms with Crippen LogP contribution in [0.5, 0.6) is 0 Å².